The van der Waals surface area contributed by atoms with Crippen LogP contribution >= 0.6 is 27.5 Å². The monoisotopic (exact) mass is 317 g/mol. The highest BCUT2D eigenvalue weighted by Gasteiger charge is 2.14. The van der Waals surface area contributed by atoms with E-state index in [0.717, 1.165) is 22.0 Å². The van der Waals surface area contributed by atoms with Crippen molar-refractivity contribution in [3.05, 3.63) is 33.8 Å². The van der Waals surface area contributed by atoms with Crippen LogP contribution in [-0.2, 0) is 0 Å². The Balaban J connectivity index is 2.82. The maximum absolute atomic E-state index is 12.2. The van der Waals surface area contributed by atoms with Gasteiger partial charge < -0.3 is 4.90 Å². The fourth-order valence-corrected chi connectivity index (χ4v) is 2.06. The van der Waals surface area contributed by atoms with Crippen LogP contribution in [-0.4, -0.2) is 29.8 Å². The van der Waals surface area contributed by atoms with E-state index >= 15 is 0 Å². The lowest BCUT2D eigenvalue weighted by molar-refractivity contribution is 0.0765. The van der Waals surface area contributed by atoms with Crippen LogP contribution in [0.3, 0.4) is 0 Å². The van der Waals surface area contributed by atoms with E-state index < -0.39 is 0 Å². The van der Waals surface area contributed by atoms with Gasteiger partial charge >= 0.3 is 0 Å². The molecule has 0 spiro atoms. The van der Waals surface area contributed by atoms with Gasteiger partial charge in [-0.3, -0.25) is 4.79 Å². The maximum Gasteiger partial charge on any atom is 0.253 e. The molecule has 1 aromatic rings. The van der Waals surface area contributed by atoms with Crippen molar-refractivity contribution in [1.82, 2.24) is 4.90 Å². The predicted molar refractivity (Wildman–Crippen MR) is 75.8 cm³/mol. The Labute approximate surface area is 116 Å². The van der Waals surface area contributed by atoms with Crippen LogP contribution in [0.4, 0.5) is 0 Å². The Bertz CT molecular complexity index is 395. The summed E-state index contributed by atoms with van der Waals surface area (Å²) in [5.41, 5.74) is 1.85. The van der Waals surface area contributed by atoms with Crippen molar-refractivity contribution in [1.29, 1.82) is 0 Å². The maximum atomic E-state index is 12.2. The minimum absolute atomic E-state index is 0.0679. The van der Waals surface area contributed by atoms with E-state index in [2.05, 4.69) is 15.9 Å². The van der Waals surface area contributed by atoms with Gasteiger partial charge in [-0.05, 0) is 38.0 Å². The number of amides is 1. The number of carbonyl (C=O) groups is 1. The van der Waals surface area contributed by atoms with Crippen molar-refractivity contribution >= 4 is 33.4 Å². The molecule has 1 amide bonds. The zero-order valence-electron chi connectivity index (χ0n) is 10.2. The molecule has 1 aromatic carbocycles. The minimum Gasteiger partial charge on any atom is -0.339 e. The molecule has 0 aliphatic carbocycles. The lowest BCUT2D eigenvalue weighted by Crippen LogP contribution is -2.32. The van der Waals surface area contributed by atoms with Crippen molar-refractivity contribution in [2.45, 2.75) is 20.3 Å². The fraction of sp³-hybridized carbons (Fsp3) is 0.462. The zero-order valence-corrected chi connectivity index (χ0v) is 12.5. The van der Waals surface area contributed by atoms with Crippen LogP contribution in [0, 0.1) is 6.92 Å². The van der Waals surface area contributed by atoms with Gasteiger partial charge in [0, 0.05) is 29.0 Å². The number of nitrogens with zero attached hydrogens (tertiary/aromatic N) is 1. The molecular weight excluding hydrogens is 302 g/mol. The number of carbonyl (C=O) groups excluding carboxylic acids is 1. The van der Waals surface area contributed by atoms with Gasteiger partial charge in [0.1, 0.15) is 0 Å². The first-order valence-corrected chi connectivity index (χ1v) is 7.04. The largest absolute Gasteiger partial charge is 0.339 e. The molecule has 0 N–H and O–H groups in total. The van der Waals surface area contributed by atoms with Gasteiger partial charge in [-0.2, -0.15) is 0 Å². The second-order valence-corrected chi connectivity index (χ2v) is 5.12. The van der Waals surface area contributed by atoms with Crippen molar-refractivity contribution in [2.75, 3.05) is 19.0 Å². The van der Waals surface area contributed by atoms with E-state index in [4.69, 9.17) is 11.6 Å². The Morgan fingerprint density at radius 1 is 1.47 bits per heavy atom. The Morgan fingerprint density at radius 3 is 2.71 bits per heavy atom. The number of rotatable bonds is 5. The van der Waals surface area contributed by atoms with Gasteiger partial charge in [0.15, 0.2) is 0 Å². The van der Waals surface area contributed by atoms with E-state index in [-0.39, 0.29) is 5.91 Å². The van der Waals surface area contributed by atoms with Crippen LogP contribution < -0.4 is 0 Å². The molecular formula is C13H17BrClNO. The molecule has 0 heterocycles. The summed E-state index contributed by atoms with van der Waals surface area (Å²) in [6.07, 6.45) is 0.828. The summed E-state index contributed by atoms with van der Waals surface area (Å²) in [6.45, 7) is 5.41. The van der Waals surface area contributed by atoms with E-state index in [9.17, 15) is 4.79 Å². The van der Waals surface area contributed by atoms with Crippen LogP contribution in [0.2, 0.25) is 0 Å². The van der Waals surface area contributed by atoms with Crippen LogP contribution in [0.5, 0.6) is 0 Å². The molecule has 0 bridgehead atoms. The third-order valence-corrected chi connectivity index (χ3v) is 3.77. The summed E-state index contributed by atoms with van der Waals surface area (Å²) in [7, 11) is 0. The first kappa shape index (κ1) is 14.5. The average Bonchev–Trinajstić information content (AvgIpc) is 2.33. The second-order valence-electron chi connectivity index (χ2n) is 3.89. The predicted octanol–water partition coefficient (Wildman–Crippen LogP) is 3.85. The van der Waals surface area contributed by atoms with Crippen LogP contribution in [0.25, 0.3) is 0 Å². The molecule has 0 aliphatic rings. The summed E-state index contributed by atoms with van der Waals surface area (Å²) < 4.78 is 0.969. The standard InChI is InChI=1S/C13H17BrClNO/c1-3-16(8-4-7-15)13(17)11-6-5-10(2)12(14)9-11/h5-6,9H,3-4,7-8H2,1-2H3. The highest BCUT2D eigenvalue weighted by molar-refractivity contribution is 9.10. The summed E-state index contributed by atoms with van der Waals surface area (Å²) >= 11 is 9.10. The van der Waals surface area contributed by atoms with E-state index in [1.165, 1.54) is 0 Å². The highest BCUT2D eigenvalue weighted by atomic mass is 79.9. The van der Waals surface area contributed by atoms with Gasteiger partial charge in [-0.15, -0.1) is 11.6 Å². The molecule has 0 radical (unpaired) electrons. The Morgan fingerprint density at radius 2 is 2.18 bits per heavy atom. The van der Waals surface area contributed by atoms with Gasteiger partial charge in [0.2, 0.25) is 0 Å². The SMILES string of the molecule is CCN(CCCCl)C(=O)c1ccc(C)c(Br)c1. The topological polar surface area (TPSA) is 20.3 Å². The molecule has 2 nitrogen and oxygen atoms in total. The molecule has 0 unspecified atom stereocenters. The normalized spacial score (nSPS) is 10.4. The average molecular weight is 319 g/mol. The molecule has 0 aliphatic heterocycles. The molecule has 0 saturated carbocycles. The summed E-state index contributed by atoms with van der Waals surface area (Å²) in [4.78, 5) is 14.0. The number of alkyl halides is 1. The fourth-order valence-electron chi connectivity index (χ4n) is 1.56. The van der Waals surface area contributed by atoms with Gasteiger partial charge in [0.05, 0.1) is 0 Å². The number of halogens is 2. The quantitative estimate of drug-likeness (QED) is 0.755. The third kappa shape index (κ3) is 4.00. The molecule has 1 rings (SSSR count). The van der Waals surface area contributed by atoms with Crippen molar-refractivity contribution in [2.24, 2.45) is 0 Å². The molecule has 94 valence electrons. The third-order valence-electron chi connectivity index (χ3n) is 2.65. The van der Waals surface area contributed by atoms with Gasteiger partial charge in [-0.25, -0.2) is 0 Å². The lowest BCUT2D eigenvalue weighted by atomic mass is 10.1. The van der Waals surface area contributed by atoms with Gasteiger partial charge in [0.25, 0.3) is 5.91 Å². The van der Waals surface area contributed by atoms with E-state index in [1.807, 2.05) is 36.9 Å². The van der Waals surface area contributed by atoms with Crippen LogP contribution in [0.15, 0.2) is 22.7 Å². The number of aryl methyl sites for hydroxylation is 1. The Hall–Kier alpha value is -0.540. The van der Waals surface area contributed by atoms with Crippen molar-refractivity contribution < 1.29 is 4.79 Å². The number of hydrogen-bond donors (Lipinski definition) is 0. The van der Waals surface area contributed by atoms with Crippen molar-refractivity contribution in [3.63, 3.8) is 0 Å². The van der Waals surface area contributed by atoms with E-state index in [0.29, 0.717) is 19.0 Å². The van der Waals surface area contributed by atoms with Gasteiger partial charge in [-0.1, -0.05) is 22.0 Å². The summed E-state index contributed by atoms with van der Waals surface area (Å²) in [6, 6.07) is 5.69. The highest BCUT2D eigenvalue weighted by Crippen LogP contribution is 2.18. The summed E-state index contributed by atoms with van der Waals surface area (Å²) in [5.74, 6) is 0.653. The first-order valence-electron chi connectivity index (χ1n) is 5.71. The lowest BCUT2D eigenvalue weighted by Gasteiger charge is -2.20. The molecule has 0 aromatic heterocycles. The molecule has 17 heavy (non-hydrogen) atoms. The van der Waals surface area contributed by atoms with Crippen molar-refractivity contribution in [3.8, 4) is 0 Å². The smallest absolute Gasteiger partial charge is 0.253 e. The molecule has 4 heteroatoms. The first-order chi connectivity index (χ1) is 8.10. The number of hydrogen-bond acceptors (Lipinski definition) is 1. The van der Waals surface area contributed by atoms with Crippen LogP contribution in [0.1, 0.15) is 29.3 Å². The summed E-state index contributed by atoms with van der Waals surface area (Å²) in [5, 5.41) is 0. The zero-order chi connectivity index (χ0) is 12.8. The second kappa shape index (κ2) is 7.02. The molecule has 0 saturated heterocycles. The minimum atomic E-state index is 0.0679. The Kier molecular flexibility index (Phi) is 6.00. The molecule has 0 atom stereocenters. The molecule has 0 fully saturated rings. The number of benzene rings is 1. The van der Waals surface area contributed by atoms with E-state index in [1.54, 1.807) is 0 Å².